The summed E-state index contributed by atoms with van der Waals surface area (Å²) in [5.41, 5.74) is 6.01. The van der Waals surface area contributed by atoms with Crippen LogP contribution in [-0.4, -0.2) is 55.0 Å². The first-order valence-electron chi connectivity index (χ1n) is 7.01. The van der Waals surface area contributed by atoms with Crippen LogP contribution in [0.15, 0.2) is 18.2 Å². The molecule has 0 spiro atoms. The van der Waals surface area contributed by atoms with Crippen molar-refractivity contribution in [3.63, 3.8) is 0 Å². The number of likely N-dealkylation sites (N-methyl/N-ethyl adjacent to an activating group) is 1. The maximum atomic E-state index is 13.9. The summed E-state index contributed by atoms with van der Waals surface area (Å²) < 4.78 is 13.9. The van der Waals surface area contributed by atoms with Gasteiger partial charge in [0, 0.05) is 31.2 Å². The Hall–Kier alpha value is -1.90. The molecule has 0 aliphatic carbocycles. The molecule has 1 atom stereocenters. The van der Waals surface area contributed by atoms with Gasteiger partial charge in [0.05, 0.1) is 12.1 Å². The average molecular weight is 289 g/mol. The molecule has 0 bridgehead atoms. The Kier molecular flexibility index (Phi) is 4.94. The molecule has 1 aliphatic heterocycles. The van der Waals surface area contributed by atoms with Gasteiger partial charge in [0.25, 0.3) is 5.91 Å². The lowest BCUT2D eigenvalue weighted by Crippen LogP contribution is -2.52. The van der Waals surface area contributed by atoms with Gasteiger partial charge in [-0.05, 0) is 32.2 Å². The van der Waals surface area contributed by atoms with E-state index >= 15 is 0 Å². The number of carbonyl (C=O) groups is 1. The highest BCUT2D eigenvalue weighted by molar-refractivity contribution is 5.95. The van der Waals surface area contributed by atoms with Gasteiger partial charge in [-0.3, -0.25) is 4.79 Å². The number of rotatable bonds is 1. The van der Waals surface area contributed by atoms with Crippen molar-refractivity contribution in [1.82, 2.24) is 9.80 Å². The highest BCUT2D eigenvalue weighted by Crippen LogP contribution is 2.16. The van der Waals surface area contributed by atoms with Crippen molar-refractivity contribution in [2.75, 3.05) is 33.2 Å². The number of amides is 1. The van der Waals surface area contributed by atoms with Crippen LogP contribution in [0.1, 0.15) is 22.8 Å². The van der Waals surface area contributed by atoms with E-state index < -0.39 is 5.82 Å². The van der Waals surface area contributed by atoms with Gasteiger partial charge < -0.3 is 15.5 Å². The molecule has 2 rings (SSSR count). The molecular formula is C16H20FN3O. The molecule has 2 N–H and O–H groups in total. The fourth-order valence-corrected chi connectivity index (χ4v) is 2.32. The van der Waals surface area contributed by atoms with Crippen LogP contribution >= 0.6 is 0 Å². The summed E-state index contributed by atoms with van der Waals surface area (Å²) in [4.78, 5) is 16.4. The normalized spacial score (nSPS) is 19.0. The number of halogens is 1. The zero-order valence-electron chi connectivity index (χ0n) is 12.4. The number of nitrogens with zero attached hydrogens (tertiary/aromatic N) is 2. The smallest absolute Gasteiger partial charge is 0.256 e. The minimum atomic E-state index is -0.509. The van der Waals surface area contributed by atoms with E-state index in [9.17, 15) is 9.18 Å². The van der Waals surface area contributed by atoms with E-state index in [1.165, 1.54) is 12.1 Å². The fraction of sp³-hybridized carbons (Fsp3) is 0.438. The summed E-state index contributed by atoms with van der Waals surface area (Å²) >= 11 is 0. The van der Waals surface area contributed by atoms with Crippen LogP contribution in [0.25, 0.3) is 0 Å². The number of benzene rings is 1. The third-order valence-corrected chi connectivity index (χ3v) is 3.78. The van der Waals surface area contributed by atoms with E-state index in [0.717, 1.165) is 6.54 Å². The van der Waals surface area contributed by atoms with E-state index in [4.69, 9.17) is 5.73 Å². The van der Waals surface area contributed by atoms with Crippen LogP contribution in [0.3, 0.4) is 0 Å². The third-order valence-electron chi connectivity index (χ3n) is 3.78. The summed E-state index contributed by atoms with van der Waals surface area (Å²) in [6.45, 7) is 4.29. The topological polar surface area (TPSA) is 49.6 Å². The first-order chi connectivity index (χ1) is 10.0. The number of hydrogen-bond acceptors (Lipinski definition) is 3. The average Bonchev–Trinajstić information content (AvgIpc) is 2.48. The van der Waals surface area contributed by atoms with E-state index in [2.05, 4.69) is 23.7 Å². The molecule has 1 saturated heterocycles. The Balaban J connectivity index is 2.22. The second-order valence-corrected chi connectivity index (χ2v) is 5.28. The Bertz CT molecular complexity index is 591. The van der Waals surface area contributed by atoms with E-state index in [1.807, 2.05) is 7.05 Å². The van der Waals surface area contributed by atoms with Crippen LogP contribution in [0.5, 0.6) is 0 Å². The molecule has 1 heterocycles. The van der Waals surface area contributed by atoms with Crippen LogP contribution in [0.2, 0.25) is 0 Å². The Morgan fingerprint density at radius 1 is 1.48 bits per heavy atom. The van der Waals surface area contributed by atoms with Gasteiger partial charge in [-0.2, -0.15) is 0 Å². The first-order valence-corrected chi connectivity index (χ1v) is 7.01. The van der Waals surface area contributed by atoms with Crippen molar-refractivity contribution in [3.05, 3.63) is 35.1 Å². The predicted octanol–water partition coefficient (Wildman–Crippen LogP) is 0.912. The summed E-state index contributed by atoms with van der Waals surface area (Å²) in [7, 11) is 2.02. The zero-order valence-corrected chi connectivity index (χ0v) is 12.4. The molecule has 0 saturated carbocycles. The van der Waals surface area contributed by atoms with Crippen molar-refractivity contribution in [2.45, 2.75) is 13.0 Å². The van der Waals surface area contributed by atoms with E-state index in [0.29, 0.717) is 18.7 Å². The molecule has 1 aliphatic rings. The molecule has 1 amide bonds. The largest absolute Gasteiger partial charge is 0.336 e. The third kappa shape index (κ3) is 3.60. The van der Waals surface area contributed by atoms with Crippen molar-refractivity contribution < 1.29 is 9.18 Å². The van der Waals surface area contributed by atoms with Crippen molar-refractivity contribution in [2.24, 2.45) is 5.73 Å². The molecule has 1 aromatic rings. The Morgan fingerprint density at radius 2 is 2.24 bits per heavy atom. The predicted molar refractivity (Wildman–Crippen MR) is 80.3 cm³/mol. The lowest BCUT2D eigenvalue weighted by atomic mass is 10.1. The number of nitrogens with two attached hydrogens (primary N) is 1. The minimum Gasteiger partial charge on any atom is -0.336 e. The fourth-order valence-electron chi connectivity index (χ4n) is 2.32. The van der Waals surface area contributed by atoms with Gasteiger partial charge >= 0.3 is 0 Å². The van der Waals surface area contributed by atoms with E-state index in [1.54, 1.807) is 11.0 Å². The van der Waals surface area contributed by atoms with Gasteiger partial charge in [0.15, 0.2) is 0 Å². The molecule has 21 heavy (non-hydrogen) atoms. The standard InChI is InChI=1S/C16H20FN3O/c1-12-11-20(9-8-19(12)2)16(21)14-10-13(4-3-7-18)5-6-15(14)17/h5-6,10,12H,7-9,11,18H2,1-2H3. The maximum absolute atomic E-state index is 13.9. The molecule has 4 nitrogen and oxygen atoms in total. The van der Waals surface area contributed by atoms with Gasteiger partial charge in [-0.1, -0.05) is 11.8 Å². The second-order valence-electron chi connectivity index (χ2n) is 5.28. The summed E-state index contributed by atoms with van der Waals surface area (Å²) in [5.74, 6) is 4.75. The van der Waals surface area contributed by atoms with Gasteiger partial charge in [-0.25, -0.2) is 4.39 Å². The Morgan fingerprint density at radius 3 is 2.90 bits per heavy atom. The van der Waals surface area contributed by atoms with Gasteiger partial charge in [0.1, 0.15) is 5.82 Å². The van der Waals surface area contributed by atoms with E-state index in [-0.39, 0.29) is 24.1 Å². The molecule has 1 fully saturated rings. The monoisotopic (exact) mass is 289 g/mol. The number of hydrogen-bond donors (Lipinski definition) is 1. The molecule has 5 heteroatoms. The lowest BCUT2D eigenvalue weighted by molar-refractivity contribution is 0.0568. The molecule has 0 radical (unpaired) electrons. The molecular weight excluding hydrogens is 269 g/mol. The van der Waals surface area contributed by atoms with Crippen LogP contribution < -0.4 is 5.73 Å². The SMILES string of the molecule is CC1CN(C(=O)c2cc(C#CCN)ccc2F)CCN1C. The second kappa shape index (κ2) is 6.70. The molecule has 1 unspecified atom stereocenters. The van der Waals surface area contributed by atoms with Crippen molar-refractivity contribution in [3.8, 4) is 11.8 Å². The quantitative estimate of drug-likeness (QED) is 0.782. The molecule has 112 valence electrons. The van der Waals surface area contributed by atoms with Gasteiger partial charge in [0.2, 0.25) is 0 Å². The number of carbonyl (C=O) groups excluding carboxylic acids is 1. The minimum absolute atomic E-state index is 0.0792. The first kappa shape index (κ1) is 15.5. The van der Waals surface area contributed by atoms with Crippen LogP contribution in [0, 0.1) is 17.7 Å². The molecule has 0 aromatic heterocycles. The maximum Gasteiger partial charge on any atom is 0.256 e. The zero-order chi connectivity index (χ0) is 15.4. The summed E-state index contributed by atoms with van der Waals surface area (Å²) in [5, 5.41) is 0. The highest BCUT2D eigenvalue weighted by atomic mass is 19.1. The van der Waals surface area contributed by atoms with Crippen LogP contribution in [0.4, 0.5) is 4.39 Å². The summed E-state index contributed by atoms with van der Waals surface area (Å²) in [6.07, 6.45) is 0. The lowest BCUT2D eigenvalue weighted by Gasteiger charge is -2.37. The van der Waals surface area contributed by atoms with Gasteiger partial charge in [-0.15, -0.1) is 0 Å². The van der Waals surface area contributed by atoms with Crippen LogP contribution in [-0.2, 0) is 0 Å². The van der Waals surface area contributed by atoms with Crippen molar-refractivity contribution in [1.29, 1.82) is 0 Å². The number of piperazine rings is 1. The van der Waals surface area contributed by atoms with Crippen molar-refractivity contribution >= 4 is 5.91 Å². The molecule has 1 aromatic carbocycles. The summed E-state index contributed by atoms with van der Waals surface area (Å²) in [6, 6.07) is 4.61. The Labute approximate surface area is 124 Å². The highest BCUT2D eigenvalue weighted by Gasteiger charge is 2.26.